The molecule has 0 aliphatic carbocycles. The number of rotatable bonds is 4. The van der Waals surface area contributed by atoms with Crippen molar-refractivity contribution in [3.63, 3.8) is 0 Å². The lowest BCUT2D eigenvalue weighted by atomic mass is 10.0. The first-order chi connectivity index (χ1) is 10.3. The Labute approximate surface area is 125 Å². The molecule has 2 heteroatoms. The van der Waals surface area contributed by atoms with Gasteiger partial charge in [-0.25, -0.2) is 0 Å². The second kappa shape index (κ2) is 6.06. The molecule has 0 amide bonds. The maximum absolute atomic E-state index is 4.55. The first-order valence-corrected chi connectivity index (χ1v) is 7.44. The molecule has 0 aliphatic heterocycles. The molecular weight excluding hydrogens is 256 g/mol. The molecule has 0 radical (unpaired) electrons. The molecule has 0 atom stereocenters. The van der Waals surface area contributed by atoms with Gasteiger partial charge in [-0.1, -0.05) is 43.3 Å². The Morgan fingerprint density at radius 2 is 1.67 bits per heavy atom. The van der Waals surface area contributed by atoms with Crippen molar-refractivity contribution in [2.75, 3.05) is 6.54 Å². The Morgan fingerprint density at radius 1 is 0.905 bits per heavy atom. The van der Waals surface area contributed by atoms with Gasteiger partial charge >= 0.3 is 0 Å². The van der Waals surface area contributed by atoms with E-state index >= 15 is 0 Å². The Morgan fingerprint density at radius 3 is 2.43 bits per heavy atom. The summed E-state index contributed by atoms with van der Waals surface area (Å²) in [5.41, 5.74) is 5.92. The minimum atomic E-state index is 0.928. The molecule has 0 saturated carbocycles. The van der Waals surface area contributed by atoms with Crippen molar-refractivity contribution >= 4 is 10.9 Å². The number of nitrogens with zero attached hydrogens (tertiary/aromatic N) is 1. The summed E-state index contributed by atoms with van der Waals surface area (Å²) in [6, 6.07) is 19.4. The number of fused-ring (bicyclic) bond motifs is 1. The van der Waals surface area contributed by atoms with Crippen LogP contribution in [0, 0.1) is 6.92 Å². The molecule has 0 spiro atoms. The third kappa shape index (κ3) is 3.11. The molecule has 2 nitrogen and oxygen atoms in total. The molecule has 1 heterocycles. The van der Waals surface area contributed by atoms with E-state index in [0.29, 0.717) is 0 Å². The third-order valence-electron chi connectivity index (χ3n) is 3.69. The third-order valence-corrected chi connectivity index (χ3v) is 3.69. The molecular formula is C19H20N2. The summed E-state index contributed by atoms with van der Waals surface area (Å²) in [6.07, 6.45) is 0. The molecule has 3 rings (SSSR count). The molecule has 3 aromatic rings. The van der Waals surface area contributed by atoms with Crippen molar-refractivity contribution in [1.82, 2.24) is 10.3 Å². The number of hydrogen-bond donors (Lipinski definition) is 1. The van der Waals surface area contributed by atoms with Crippen LogP contribution in [0.25, 0.3) is 22.0 Å². The fourth-order valence-electron chi connectivity index (χ4n) is 2.49. The summed E-state index contributed by atoms with van der Waals surface area (Å²) in [6.45, 7) is 6.08. The monoisotopic (exact) mass is 276 g/mol. The topological polar surface area (TPSA) is 24.9 Å². The predicted octanol–water partition coefficient (Wildman–Crippen LogP) is 4.32. The number of nitrogens with one attached hydrogen (secondary N) is 1. The maximum atomic E-state index is 4.55. The Kier molecular flexibility index (Phi) is 3.98. The largest absolute Gasteiger partial charge is 0.313 e. The van der Waals surface area contributed by atoms with E-state index in [2.05, 4.69) is 71.8 Å². The highest BCUT2D eigenvalue weighted by Crippen LogP contribution is 2.24. The van der Waals surface area contributed by atoms with Gasteiger partial charge in [-0.3, -0.25) is 4.98 Å². The van der Waals surface area contributed by atoms with Gasteiger partial charge in [0.05, 0.1) is 5.52 Å². The minimum Gasteiger partial charge on any atom is -0.313 e. The molecule has 106 valence electrons. The van der Waals surface area contributed by atoms with Crippen LogP contribution in [0.4, 0.5) is 0 Å². The lowest BCUT2D eigenvalue weighted by Crippen LogP contribution is -2.11. The fraction of sp³-hybridized carbons (Fsp3) is 0.211. The van der Waals surface area contributed by atoms with Gasteiger partial charge in [-0.2, -0.15) is 0 Å². The zero-order chi connectivity index (χ0) is 14.7. The Bertz CT molecular complexity index is 745. The number of aryl methyl sites for hydroxylation is 1. The van der Waals surface area contributed by atoms with Crippen LogP contribution in [0.1, 0.15) is 18.2 Å². The van der Waals surface area contributed by atoms with Gasteiger partial charge in [0.15, 0.2) is 0 Å². The van der Waals surface area contributed by atoms with Crippen LogP contribution in [0.3, 0.4) is 0 Å². The summed E-state index contributed by atoms with van der Waals surface area (Å²) in [7, 11) is 0. The average Bonchev–Trinajstić information content (AvgIpc) is 2.53. The van der Waals surface area contributed by atoms with E-state index in [1.807, 2.05) is 6.92 Å². The van der Waals surface area contributed by atoms with Crippen LogP contribution < -0.4 is 5.32 Å². The van der Waals surface area contributed by atoms with Crippen LogP contribution in [0.15, 0.2) is 54.6 Å². The van der Waals surface area contributed by atoms with E-state index in [1.54, 1.807) is 0 Å². The minimum absolute atomic E-state index is 0.928. The normalized spacial score (nSPS) is 11.0. The average molecular weight is 276 g/mol. The summed E-state index contributed by atoms with van der Waals surface area (Å²) >= 11 is 0. The number of hydrogen-bond acceptors (Lipinski definition) is 2. The number of benzene rings is 2. The van der Waals surface area contributed by atoms with Crippen molar-refractivity contribution in [2.24, 2.45) is 0 Å². The van der Waals surface area contributed by atoms with Crippen LogP contribution in [-0.4, -0.2) is 11.5 Å². The molecule has 0 bridgehead atoms. The lowest BCUT2D eigenvalue weighted by molar-refractivity contribution is 0.727. The molecule has 0 aliphatic rings. The fourth-order valence-corrected chi connectivity index (χ4v) is 2.49. The second-order valence-electron chi connectivity index (χ2n) is 5.34. The SMILES string of the molecule is CCNCc1ccc(-c2ccc3nc(C)ccc3c2)cc1. The van der Waals surface area contributed by atoms with Crippen molar-refractivity contribution in [3.8, 4) is 11.1 Å². The van der Waals surface area contributed by atoms with Gasteiger partial charge in [-0.05, 0) is 48.4 Å². The number of aromatic nitrogens is 1. The zero-order valence-electron chi connectivity index (χ0n) is 12.6. The van der Waals surface area contributed by atoms with Crippen LogP contribution >= 0.6 is 0 Å². The van der Waals surface area contributed by atoms with E-state index in [-0.39, 0.29) is 0 Å². The summed E-state index contributed by atoms with van der Waals surface area (Å²) in [4.78, 5) is 4.55. The molecule has 1 N–H and O–H groups in total. The standard InChI is InChI=1S/C19H20N2/c1-3-20-13-15-5-8-16(9-6-15)17-10-11-19-18(12-17)7-4-14(2)21-19/h4-12,20H,3,13H2,1-2H3. The quantitative estimate of drug-likeness (QED) is 0.767. The van der Waals surface area contributed by atoms with Gasteiger partial charge in [0.2, 0.25) is 0 Å². The van der Waals surface area contributed by atoms with E-state index in [4.69, 9.17) is 0 Å². The molecule has 2 aromatic carbocycles. The highest BCUT2D eigenvalue weighted by molar-refractivity contribution is 5.84. The van der Waals surface area contributed by atoms with Crippen LogP contribution in [0.2, 0.25) is 0 Å². The first kappa shape index (κ1) is 13.8. The lowest BCUT2D eigenvalue weighted by Gasteiger charge is -2.07. The van der Waals surface area contributed by atoms with E-state index in [9.17, 15) is 0 Å². The highest BCUT2D eigenvalue weighted by atomic mass is 14.8. The smallest absolute Gasteiger partial charge is 0.0705 e. The summed E-state index contributed by atoms with van der Waals surface area (Å²) in [5, 5.41) is 4.53. The highest BCUT2D eigenvalue weighted by Gasteiger charge is 2.01. The second-order valence-corrected chi connectivity index (χ2v) is 5.34. The summed E-state index contributed by atoms with van der Waals surface area (Å²) in [5.74, 6) is 0. The van der Waals surface area contributed by atoms with Gasteiger partial charge in [0, 0.05) is 17.6 Å². The molecule has 21 heavy (non-hydrogen) atoms. The van der Waals surface area contributed by atoms with Gasteiger partial charge < -0.3 is 5.32 Å². The van der Waals surface area contributed by atoms with Crippen molar-refractivity contribution in [2.45, 2.75) is 20.4 Å². The van der Waals surface area contributed by atoms with E-state index in [0.717, 1.165) is 24.3 Å². The Balaban J connectivity index is 1.91. The van der Waals surface area contributed by atoms with Gasteiger partial charge in [-0.15, -0.1) is 0 Å². The predicted molar refractivity (Wildman–Crippen MR) is 89.3 cm³/mol. The molecule has 0 unspecified atom stereocenters. The van der Waals surface area contributed by atoms with E-state index in [1.165, 1.54) is 22.1 Å². The summed E-state index contributed by atoms with van der Waals surface area (Å²) < 4.78 is 0. The van der Waals surface area contributed by atoms with Gasteiger partial charge in [0.1, 0.15) is 0 Å². The number of pyridine rings is 1. The van der Waals surface area contributed by atoms with Crippen LogP contribution in [-0.2, 0) is 6.54 Å². The van der Waals surface area contributed by atoms with Crippen LogP contribution in [0.5, 0.6) is 0 Å². The molecule has 0 saturated heterocycles. The maximum Gasteiger partial charge on any atom is 0.0705 e. The van der Waals surface area contributed by atoms with Crippen molar-refractivity contribution in [3.05, 3.63) is 65.9 Å². The van der Waals surface area contributed by atoms with Crippen molar-refractivity contribution in [1.29, 1.82) is 0 Å². The Hall–Kier alpha value is -2.19. The molecule has 1 aromatic heterocycles. The first-order valence-electron chi connectivity index (χ1n) is 7.44. The zero-order valence-corrected chi connectivity index (χ0v) is 12.6. The van der Waals surface area contributed by atoms with E-state index < -0.39 is 0 Å². The van der Waals surface area contributed by atoms with Crippen molar-refractivity contribution < 1.29 is 0 Å². The van der Waals surface area contributed by atoms with Gasteiger partial charge in [0.25, 0.3) is 0 Å². The molecule has 0 fully saturated rings.